The van der Waals surface area contributed by atoms with E-state index in [0.29, 0.717) is 24.3 Å². The molecule has 0 heterocycles. The largest absolute Gasteiger partial charge is 0.478 e. The number of aliphatic hydroxyl groups excluding tert-OH is 1. The molecule has 1 aromatic rings. The van der Waals surface area contributed by atoms with Crippen LogP contribution >= 0.6 is 0 Å². The molecule has 1 rings (SSSR count). The van der Waals surface area contributed by atoms with Crippen LogP contribution in [0.25, 0.3) is 0 Å². The Morgan fingerprint density at radius 3 is 2.75 bits per heavy atom. The average molecular weight is 224 g/mol. The number of aryl methyl sites for hydroxylation is 1. The number of rotatable bonds is 5. The van der Waals surface area contributed by atoms with Crippen LogP contribution in [0.3, 0.4) is 0 Å². The van der Waals surface area contributed by atoms with E-state index in [-0.39, 0.29) is 12.2 Å². The third kappa shape index (κ3) is 2.87. The van der Waals surface area contributed by atoms with Crippen LogP contribution in [0.4, 0.5) is 11.4 Å². The van der Waals surface area contributed by atoms with Gasteiger partial charge < -0.3 is 21.3 Å². The number of aliphatic hydroxyl groups is 1. The molecule has 0 radical (unpaired) electrons. The molecule has 0 saturated heterocycles. The number of nitrogens with one attached hydrogen (secondary N) is 1. The first-order valence-corrected chi connectivity index (χ1v) is 5.04. The number of hydrogen-bond donors (Lipinski definition) is 4. The number of carbonyl (C=O) groups is 1. The van der Waals surface area contributed by atoms with Crippen LogP contribution in [-0.2, 0) is 0 Å². The van der Waals surface area contributed by atoms with E-state index >= 15 is 0 Å². The van der Waals surface area contributed by atoms with Gasteiger partial charge in [0.1, 0.15) is 0 Å². The van der Waals surface area contributed by atoms with Gasteiger partial charge in [0.25, 0.3) is 0 Å². The van der Waals surface area contributed by atoms with Crippen molar-refractivity contribution in [3.05, 3.63) is 23.3 Å². The molecule has 0 aliphatic rings. The molecule has 0 atom stereocenters. The second-order valence-electron chi connectivity index (χ2n) is 3.56. The predicted molar refractivity (Wildman–Crippen MR) is 62.7 cm³/mol. The number of nitrogen functional groups attached to an aromatic ring is 1. The standard InChI is InChI=1S/C11H16N2O3/c1-7-5-8(13-3-2-4-14)6-9(10(7)12)11(15)16/h5-6,13-14H,2-4,12H2,1H3,(H,15,16). The van der Waals surface area contributed by atoms with E-state index in [1.807, 2.05) is 0 Å². The summed E-state index contributed by atoms with van der Waals surface area (Å²) in [5.74, 6) is -1.04. The molecule has 0 fully saturated rings. The number of hydrogen-bond acceptors (Lipinski definition) is 4. The lowest BCUT2D eigenvalue weighted by atomic mass is 10.1. The van der Waals surface area contributed by atoms with Crippen molar-refractivity contribution < 1.29 is 15.0 Å². The van der Waals surface area contributed by atoms with Gasteiger partial charge in [0.2, 0.25) is 0 Å². The smallest absolute Gasteiger partial charge is 0.337 e. The molecule has 0 aromatic heterocycles. The fourth-order valence-corrected chi connectivity index (χ4v) is 1.39. The molecule has 1 aromatic carbocycles. The molecule has 0 amide bonds. The van der Waals surface area contributed by atoms with Gasteiger partial charge in [-0.15, -0.1) is 0 Å². The highest BCUT2D eigenvalue weighted by atomic mass is 16.4. The number of nitrogens with two attached hydrogens (primary N) is 1. The lowest BCUT2D eigenvalue weighted by Crippen LogP contribution is -2.08. The normalized spacial score (nSPS) is 10.1. The number of aromatic carboxylic acids is 1. The molecule has 0 aliphatic carbocycles. The zero-order valence-electron chi connectivity index (χ0n) is 9.16. The molecule has 0 unspecified atom stereocenters. The maximum atomic E-state index is 10.9. The summed E-state index contributed by atoms with van der Waals surface area (Å²) in [5, 5.41) is 20.6. The van der Waals surface area contributed by atoms with E-state index in [4.69, 9.17) is 15.9 Å². The third-order valence-corrected chi connectivity index (χ3v) is 2.28. The second-order valence-corrected chi connectivity index (χ2v) is 3.56. The maximum Gasteiger partial charge on any atom is 0.337 e. The Labute approximate surface area is 93.9 Å². The minimum absolute atomic E-state index is 0.103. The second kappa shape index (κ2) is 5.37. The summed E-state index contributed by atoms with van der Waals surface area (Å²) in [5.41, 5.74) is 7.49. The predicted octanol–water partition coefficient (Wildman–Crippen LogP) is 1.07. The van der Waals surface area contributed by atoms with Gasteiger partial charge in [-0.25, -0.2) is 4.79 Å². The quantitative estimate of drug-likeness (QED) is 0.443. The number of carboxylic acid groups (broad SMARTS) is 1. The minimum atomic E-state index is -1.04. The van der Waals surface area contributed by atoms with Crippen molar-refractivity contribution in [2.45, 2.75) is 13.3 Å². The van der Waals surface area contributed by atoms with Crippen LogP contribution in [0.15, 0.2) is 12.1 Å². The van der Waals surface area contributed by atoms with Gasteiger partial charge >= 0.3 is 5.97 Å². The van der Waals surface area contributed by atoms with Gasteiger partial charge in [0.15, 0.2) is 0 Å². The summed E-state index contributed by atoms with van der Waals surface area (Å²) in [4.78, 5) is 10.9. The summed E-state index contributed by atoms with van der Waals surface area (Å²) < 4.78 is 0. The Bertz CT molecular complexity index is 391. The first-order valence-electron chi connectivity index (χ1n) is 5.04. The van der Waals surface area contributed by atoms with Crippen LogP contribution in [0.1, 0.15) is 22.3 Å². The molecular weight excluding hydrogens is 208 g/mol. The highest BCUT2D eigenvalue weighted by Gasteiger charge is 2.11. The third-order valence-electron chi connectivity index (χ3n) is 2.28. The number of anilines is 2. The van der Waals surface area contributed by atoms with Crippen LogP contribution in [0.5, 0.6) is 0 Å². The highest BCUT2D eigenvalue weighted by Crippen LogP contribution is 2.22. The van der Waals surface area contributed by atoms with Crippen molar-refractivity contribution in [2.75, 3.05) is 24.2 Å². The molecular formula is C11H16N2O3. The molecule has 5 N–H and O–H groups in total. The maximum absolute atomic E-state index is 10.9. The monoisotopic (exact) mass is 224 g/mol. The summed E-state index contributed by atoms with van der Waals surface area (Å²) in [6.45, 7) is 2.46. The van der Waals surface area contributed by atoms with Crippen molar-refractivity contribution in [3.63, 3.8) is 0 Å². The fourth-order valence-electron chi connectivity index (χ4n) is 1.39. The molecule has 5 nitrogen and oxygen atoms in total. The first-order chi connectivity index (χ1) is 7.56. The molecule has 0 saturated carbocycles. The van der Waals surface area contributed by atoms with Gasteiger partial charge in [-0.05, 0) is 31.0 Å². The van der Waals surface area contributed by atoms with Gasteiger partial charge in [-0.1, -0.05) is 0 Å². The lowest BCUT2D eigenvalue weighted by Gasteiger charge is -2.10. The van der Waals surface area contributed by atoms with Crippen molar-refractivity contribution >= 4 is 17.3 Å². The SMILES string of the molecule is Cc1cc(NCCCO)cc(C(=O)O)c1N. The summed E-state index contributed by atoms with van der Waals surface area (Å²) >= 11 is 0. The molecule has 88 valence electrons. The Kier molecular flexibility index (Phi) is 4.13. The number of benzene rings is 1. The Morgan fingerprint density at radius 1 is 1.50 bits per heavy atom. The lowest BCUT2D eigenvalue weighted by molar-refractivity contribution is 0.0698. The number of carboxylic acids is 1. The molecule has 5 heteroatoms. The van der Waals surface area contributed by atoms with Crippen LogP contribution in [-0.4, -0.2) is 29.3 Å². The topological polar surface area (TPSA) is 95.6 Å². The van der Waals surface area contributed by atoms with Gasteiger partial charge in [-0.2, -0.15) is 0 Å². The minimum Gasteiger partial charge on any atom is -0.478 e. The van der Waals surface area contributed by atoms with Crippen molar-refractivity contribution in [1.82, 2.24) is 0 Å². The van der Waals surface area contributed by atoms with E-state index in [1.165, 1.54) is 6.07 Å². The van der Waals surface area contributed by atoms with Crippen molar-refractivity contribution in [3.8, 4) is 0 Å². The first kappa shape index (κ1) is 12.3. The summed E-state index contributed by atoms with van der Waals surface area (Å²) in [6, 6.07) is 3.29. The van der Waals surface area contributed by atoms with Crippen LogP contribution < -0.4 is 11.1 Å². The van der Waals surface area contributed by atoms with Gasteiger partial charge in [-0.3, -0.25) is 0 Å². The Morgan fingerprint density at radius 2 is 2.19 bits per heavy atom. The fraction of sp³-hybridized carbons (Fsp3) is 0.364. The van der Waals surface area contributed by atoms with E-state index in [9.17, 15) is 4.79 Å². The van der Waals surface area contributed by atoms with Gasteiger partial charge in [0, 0.05) is 24.5 Å². The van der Waals surface area contributed by atoms with Crippen LogP contribution in [0.2, 0.25) is 0 Å². The molecule has 0 aliphatic heterocycles. The van der Waals surface area contributed by atoms with E-state index in [0.717, 1.165) is 5.56 Å². The molecule has 0 spiro atoms. The Hall–Kier alpha value is -1.75. The average Bonchev–Trinajstić information content (AvgIpc) is 2.23. The Balaban J connectivity index is 2.91. The van der Waals surface area contributed by atoms with Crippen LogP contribution in [0, 0.1) is 6.92 Å². The molecule has 16 heavy (non-hydrogen) atoms. The van der Waals surface area contributed by atoms with E-state index < -0.39 is 5.97 Å². The summed E-state index contributed by atoms with van der Waals surface area (Å²) in [6.07, 6.45) is 0.617. The van der Waals surface area contributed by atoms with Crippen molar-refractivity contribution in [1.29, 1.82) is 0 Å². The van der Waals surface area contributed by atoms with E-state index in [2.05, 4.69) is 5.32 Å². The highest BCUT2D eigenvalue weighted by molar-refractivity contribution is 5.95. The van der Waals surface area contributed by atoms with Crippen molar-refractivity contribution in [2.24, 2.45) is 0 Å². The molecule has 0 bridgehead atoms. The zero-order chi connectivity index (χ0) is 12.1. The van der Waals surface area contributed by atoms with Gasteiger partial charge in [0.05, 0.1) is 5.56 Å². The van der Waals surface area contributed by atoms with E-state index in [1.54, 1.807) is 13.0 Å². The summed E-state index contributed by atoms with van der Waals surface area (Å²) in [7, 11) is 0. The zero-order valence-corrected chi connectivity index (χ0v) is 9.16.